The van der Waals surface area contributed by atoms with Crippen molar-refractivity contribution in [3.8, 4) is 0 Å². The molecule has 0 amide bonds. The van der Waals surface area contributed by atoms with Gasteiger partial charge in [0.1, 0.15) is 0 Å². The van der Waals surface area contributed by atoms with Crippen molar-refractivity contribution >= 4 is 11.9 Å². The van der Waals surface area contributed by atoms with E-state index < -0.39 is 11.9 Å². The van der Waals surface area contributed by atoms with E-state index in [9.17, 15) is 9.59 Å². The van der Waals surface area contributed by atoms with Crippen LogP contribution in [0.3, 0.4) is 0 Å². The Balaban J connectivity index is -0.0000000254. The van der Waals surface area contributed by atoms with Crippen LogP contribution in [0.1, 0.15) is 56.9 Å². The quantitative estimate of drug-likeness (QED) is 0.465. The first-order valence-electron chi connectivity index (χ1n) is 6.44. The lowest BCUT2D eigenvalue weighted by Gasteiger charge is -2.21. The fraction of sp³-hybridized carbons (Fsp3) is 0.684. The number of hydrogen-bond donors (Lipinski definition) is 2. The van der Waals surface area contributed by atoms with E-state index in [1.807, 2.05) is 0 Å². The second-order valence-electron chi connectivity index (χ2n) is 4.65. The lowest BCUT2D eigenvalue weighted by Crippen LogP contribution is -2.19. The monoisotopic (exact) mass is 404 g/mol. The third kappa shape index (κ3) is 80.0. The molecule has 172 valence electrons. The van der Waals surface area contributed by atoms with Gasteiger partial charge in [-0.2, -0.15) is 0 Å². The molecule has 8 heteroatoms. The Morgan fingerprint density at radius 1 is 0.926 bits per heavy atom. The van der Waals surface area contributed by atoms with E-state index in [0.29, 0.717) is 18.6 Å². The lowest BCUT2D eigenvalue weighted by atomic mass is 9.92. The van der Waals surface area contributed by atoms with Crippen molar-refractivity contribution in [1.82, 2.24) is 0 Å². The minimum Gasteiger partial charge on any atom is -0.478 e. The number of rotatable bonds is 8. The molecule has 0 fully saturated rings. The molecule has 0 aromatic heterocycles. The Hall–Kier alpha value is -1.74. The van der Waals surface area contributed by atoms with Gasteiger partial charge in [-0.25, -0.2) is 9.59 Å². The molecular formula is C19H48O8. The Morgan fingerprint density at radius 2 is 1.22 bits per heavy atom. The van der Waals surface area contributed by atoms with Crippen LogP contribution < -0.4 is 0 Å². The van der Waals surface area contributed by atoms with Gasteiger partial charge in [0.15, 0.2) is 0 Å². The maximum atomic E-state index is 9.25. The molecule has 27 heavy (non-hydrogen) atoms. The molecule has 0 aromatic rings. The first kappa shape index (κ1) is 56.2. The van der Waals surface area contributed by atoms with Gasteiger partial charge in [0.05, 0.1) is 19.8 Å². The van der Waals surface area contributed by atoms with E-state index in [4.69, 9.17) is 19.7 Å². The van der Waals surface area contributed by atoms with Crippen molar-refractivity contribution < 1.29 is 40.2 Å². The number of carbonyl (C=O) groups is 2. The van der Waals surface area contributed by atoms with Crippen molar-refractivity contribution in [2.45, 2.75) is 56.9 Å². The number of methoxy groups -OCH3 is 1. The summed E-state index contributed by atoms with van der Waals surface area (Å²) >= 11 is 0. The summed E-state index contributed by atoms with van der Waals surface area (Å²) in [6.07, 6.45) is 2.82. The molecular weight excluding hydrogens is 356 g/mol. The van der Waals surface area contributed by atoms with Gasteiger partial charge in [0.25, 0.3) is 0 Å². The molecule has 0 aliphatic heterocycles. The van der Waals surface area contributed by atoms with E-state index in [1.165, 1.54) is 0 Å². The predicted molar refractivity (Wildman–Crippen MR) is 117 cm³/mol. The number of carboxylic acids is 2. The highest BCUT2D eigenvalue weighted by Gasteiger charge is 2.14. The van der Waals surface area contributed by atoms with Crippen molar-refractivity contribution in [3.05, 3.63) is 25.3 Å². The summed E-state index contributed by atoms with van der Waals surface area (Å²) < 4.78 is 10.3. The summed E-state index contributed by atoms with van der Waals surface area (Å²) in [5, 5.41) is 15.2. The van der Waals surface area contributed by atoms with E-state index in [-0.39, 0.29) is 40.7 Å². The van der Waals surface area contributed by atoms with Gasteiger partial charge in [-0.05, 0) is 11.8 Å². The van der Waals surface area contributed by atoms with Crippen molar-refractivity contribution in [2.75, 3.05) is 26.9 Å². The van der Waals surface area contributed by atoms with Crippen LogP contribution in [-0.4, -0.2) is 60.0 Å². The zero-order valence-corrected chi connectivity index (χ0v) is 14.4. The first-order chi connectivity index (χ1) is 9.66. The maximum absolute atomic E-state index is 9.25. The van der Waals surface area contributed by atoms with Gasteiger partial charge >= 0.3 is 11.9 Å². The average molecular weight is 405 g/mol. The van der Waals surface area contributed by atoms with E-state index in [2.05, 4.69) is 33.9 Å². The second kappa shape index (κ2) is 39.4. The molecule has 6 N–H and O–H groups in total. The van der Waals surface area contributed by atoms with Crippen molar-refractivity contribution in [1.29, 1.82) is 0 Å². The van der Waals surface area contributed by atoms with Crippen LogP contribution in [0.2, 0.25) is 0 Å². The lowest BCUT2D eigenvalue weighted by molar-refractivity contribution is -0.132. The molecule has 0 heterocycles. The Morgan fingerprint density at radius 3 is 1.41 bits per heavy atom. The fourth-order valence-corrected chi connectivity index (χ4v) is 0.593. The molecule has 8 nitrogen and oxygen atoms in total. The number of hydrogen-bond acceptors (Lipinski definition) is 4. The topological polar surface area (TPSA) is 156 Å². The Labute approximate surface area is 167 Å². The third-order valence-corrected chi connectivity index (χ3v) is 2.23. The molecule has 0 aliphatic rings. The molecule has 0 saturated carbocycles. The third-order valence-electron chi connectivity index (χ3n) is 2.23. The largest absolute Gasteiger partial charge is 0.478 e. The number of aliphatic carboxylic acids is 2. The molecule has 0 radical (unpaired) electrons. The fourth-order valence-electron chi connectivity index (χ4n) is 0.593. The Bertz CT molecular complexity index is 284. The standard InChI is InChI=1S/C9H20O2.2C3H4O2.4CH4.2H2O/c1-5-9(2,3)8-11-7-6-10-4;2*1-2-3(4)5;;;;;;/h5-8H2,1-4H3;2*2H,1H2,(H,4,5);4*1H4;2*1H2. The normalized spacial score (nSPS) is 7.26. The number of ether oxygens (including phenoxy) is 2. The molecule has 0 saturated heterocycles. The molecule has 0 unspecified atom stereocenters. The molecule has 0 aromatic carbocycles. The second-order valence-corrected chi connectivity index (χ2v) is 4.65. The highest BCUT2D eigenvalue weighted by Crippen LogP contribution is 2.19. The van der Waals surface area contributed by atoms with Crippen LogP contribution in [0.5, 0.6) is 0 Å². The van der Waals surface area contributed by atoms with Crippen LogP contribution in [-0.2, 0) is 19.1 Å². The van der Waals surface area contributed by atoms with Crippen LogP contribution in [0.25, 0.3) is 0 Å². The summed E-state index contributed by atoms with van der Waals surface area (Å²) in [6.45, 7) is 14.7. The molecule has 0 spiro atoms. The maximum Gasteiger partial charge on any atom is 0.327 e. The zero-order valence-electron chi connectivity index (χ0n) is 14.4. The van der Waals surface area contributed by atoms with Crippen molar-refractivity contribution in [2.24, 2.45) is 5.41 Å². The summed E-state index contributed by atoms with van der Waals surface area (Å²) in [5.74, 6) is -1.96. The minimum atomic E-state index is -0.981. The summed E-state index contributed by atoms with van der Waals surface area (Å²) in [5.41, 5.74) is 0.313. The molecule has 0 bridgehead atoms. The molecule has 0 rings (SSSR count). The number of carboxylic acid groups (broad SMARTS) is 2. The van der Waals surface area contributed by atoms with Crippen LogP contribution >= 0.6 is 0 Å². The van der Waals surface area contributed by atoms with Gasteiger partial charge in [-0.1, -0.05) is 63.6 Å². The highest BCUT2D eigenvalue weighted by atomic mass is 16.5. The van der Waals surface area contributed by atoms with Gasteiger partial charge < -0.3 is 30.6 Å². The van der Waals surface area contributed by atoms with Gasteiger partial charge in [0, 0.05) is 19.3 Å². The van der Waals surface area contributed by atoms with Crippen LogP contribution in [0.15, 0.2) is 25.3 Å². The van der Waals surface area contributed by atoms with Gasteiger partial charge in [-0.3, -0.25) is 0 Å². The molecule has 0 aliphatic carbocycles. The molecule has 0 atom stereocenters. The predicted octanol–water partition coefficient (Wildman–Crippen LogP) is 3.49. The average Bonchev–Trinajstić information content (AvgIpc) is 2.45. The van der Waals surface area contributed by atoms with Crippen molar-refractivity contribution in [3.63, 3.8) is 0 Å². The summed E-state index contributed by atoms with van der Waals surface area (Å²) in [4.78, 5) is 18.5. The zero-order chi connectivity index (χ0) is 17.3. The summed E-state index contributed by atoms with van der Waals surface area (Å²) in [6, 6.07) is 0. The SMILES string of the molecule is C.C.C.C.C=CC(=O)O.C=CC(=O)O.CCC(C)(C)COCCOC.O.O. The van der Waals surface area contributed by atoms with Gasteiger partial charge in [0.2, 0.25) is 0 Å². The van der Waals surface area contributed by atoms with E-state index in [0.717, 1.165) is 25.2 Å². The van der Waals surface area contributed by atoms with E-state index >= 15 is 0 Å². The smallest absolute Gasteiger partial charge is 0.327 e. The Kier molecular flexibility index (Phi) is 82.0. The minimum absolute atomic E-state index is 0. The van der Waals surface area contributed by atoms with Crippen LogP contribution in [0, 0.1) is 5.41 Å². The first-order valence-corrected chi connectivity index (χ1v) is 6.44. The van der Waals surface area contributed by atoms with E-state index in [1.54, 1.807) is 7.11 Å². The highest BCUT2D eigenvalue weighted by molar-refractivity contribution is 5.79. The summed E-state index contributed by atoms with van der Waals surface area (Å²) in [7, 11) is 1.69. The van der Waals surface area contributed by atoms with Gasteiger partial charge in [-0.15, -0.1) is 0 Å². The van der Waals surface area contributed by atoms with Crippen LogP contribution in [0.4, 0.5) is 0 Å².